The summed E-state index contributed by atoms with van der Waals surface area (Å²) in [4.78, 5) is 26.7. The van der Waals surface area contributed by atoms with Crippen molar-refractivity contribution < 1.29 is 29.3 Å². The van der Waals surface area contributed by atoms with Gasteiger partial charge in [-0.05, 0) is 25.0 Å². The predicted octanol–water partition coefficient (Wildman–Crippen LogP) is 2.09. The van der Waals surface area contributed by atoms with Crippen LogP contribution in [0.2, 0.25) is 0 Å². The first kappa shape index (κ1) is 25.8. The number of aliphatic hydroxyl groups is 2. The van der Waals surface area contributed by atoms with Crippen molar-refractivity contribution in [2.75, 3.05) is 26.4 Å². The van der Waals surface area contributed by atoms with Crippen LogP contribution in [0.3, 0.4) is 0 Å². The van der Waals surface area contributed by atoms with E-state index >= 15 is 0 Å². The Morgan fingerprint density at radius 3 is 1.71 bits per heavy atom. The number of ether oxygens (including phenoxy) is 2. The highest BCUT2D eigenvalue weighted by Crippen LogP contribution is 2.48. The van der Waals surface area contributed by atoms with Crippen LogP contribution in [-0.4, -0.2) is 54.2 Å². The second-order valence-corrected chi connectivity index (χ2v) is 8.28. The Balaban J connectivity index is 1.82. The third-order valence-corrected chi connectivity index (χ3v) is 6.18. The van der Waals surface area contributed by atoms with Crippen LogP contribution in [0.4, 0.5) is 0 Å². The molecule has 2 aromatic carbocycles. The van der Waals surface area contributed by atoms with Gasteiger partial charge in [0.25, 0.3) is 0 Å². The molecule has 0 aliphatic heterocycles. The Bertz CT molecular complexity index is 917. The van der Waals surface area contributed by atoms with Gasteiger partial charge in [-0.25, -0.2) is 0 Å². The van der Waals surface area contributed by atoms with Crippen molar-refractivity contribution in [2.45, 2.75) is 38.1 Å². The summed E-state index contributed by atoms with van der Waals surface area (Å²) in [5.74, 6) is -3.66. The average Bonchev–Trinajstić information content (AvgIpc) is 2.85. The number of aliphatic hydroxyl groups excluding tert-OH is 2. The minimum Gasteiger partial charge on any atom is -0.394 e. The Morgan fingerprint density at radius 1 is 0.853 bits per heavy atom. The molecular weight excluding hydrogens is 436 g/mol. The van der Waals surface area contributed by atoms with Gasteiger partial charge in [0.15, 0.2) is 5.79 Å². The van der Waals surface area contributed by atoms with Crippen LogP contribution in [0.5, 0.6) is 0 Å². The molecule has 1 aliphatic carbocycles. The molecule has 8 nitrogen and oxygen atoms in total. The van der Waals surface area contributed by atoms with E-state index in [1.54, 1.807) is 13.8 Å². The van der Waals surface area contributed by atoms with Gasteiger partial charge in [0.05, 0.1) is 31.2 Å². The zero-order valence-corrected chi connectivity index (χ0v) is 19.6. The van der Waals surface area contributed by atoms with Crippen LogP contribution in [0.1, 0.15) is 43.5 Å². The summed E-state index contributed by atoms with van der Waals surface area (Å²) in [6, 6.07) is 17.1. The SMILES string of the molecule is CCOC1(OCC)C[C@@H](C(=O)N[C@@H](CO)c2ccccc2)[C@@H]1C(=O)N[C@@H](CO)c1ccccc1. The fourth-order valence-corrected chi connectivity index (χ4v) is 4.53. The summed E-state index contributed by atoms with van der Waals surface area (Å²) in [5, 5.41) is 25.5. The molecule has 34 heavy (non-hydrogen) atoms. The molecule has 2 amide bonds. The van der Waals surface area contributed by atoms with Crippen LogP contribution >= 0.6 is 0 Å². The number of hydrogen-bond acceptors (Lipinski definition) is 6. The highest BCUT2D eigenvalue weighted by molar-refractivity contribution is 5.91. The maximum Gasteiger partial charge on any atom is 0.229 e. The summed E-state index contributed by atoms with van der Waals surface area (Å²) in [6.07, 6.45) is 0.209. The summed E-state index contributed by atoms with van der Waals surface area (Å²) in [5.41, 5.74) is 1.52. The lowest BCUT2D eigenvalue weighted by Gasteiger charge is -2.52. The van der Waals surface area contributed by atoms with Crippen molar-refractivity contribution in [1.29, 1.82) is 0 Å². The predicted molar refractivity (Wildman–Crippen MR) is 126 cm³/mol. The standard InChI is InChI=1S/C26H34N2O6/c1-3-33-26(34-4-2)15-20(24(31)27-21(16-29)18-11-7-5-8-12-18)23(26)25(32)28-22(17-30)19-13-9-6-10-14-19/h5-14,20-23,29-30H,3-4,15-17H2,1-2H3,(H,27,31)(H,28,32)/t20-,21+,22+,23-/m1/s1. The maximum atomic E-state index is 13.5. The maximum absolute atomic E-state index is 13.5. The largest absolute Gasteiger partial charge is 0.394 e. The number of carbonyl (C=O) groups is 2. The van der Waals surface area contributed by atoms with Crippen LogP contribution in [0, 0.1) is 11.8 Å². The van der Waals surface area contributed by atoms with Crippen molar-refractivity contribution in [1.82, 2.24) is 10.6 Å². The third-order valence-electron chi connectivity index (χ3n) is 6.18. The number of hydrogen-bond donors (Lipinski definition) is 4. The first-order valence-corrected chi connectivity index (χ1v) is 11.7. The summed E-state index contributed by atoms with van der Waals surface area (Å²) >= 11 is 0. The molecule has 4 atom stereocenters. The minimum absolute atomic E-state index is 0.209. The summed E-state index contributed by atoms with van der Waals surface area (Å²) < 4.78 is 11.8. The van der Waals surface area contributed by atoms with Gasteiger partial charge in [-0.2, -0.15) is 0 Å². The Hall–Kier alpha value is -2.78. The van der Waals surface area contributed by atoms with Gasteiger partial charge in [0.1, 0.15) is 5.92 Å². The molecule has 2 aromatic rings. The highest BCUT2D eigenvalue weighted by atomic mass is 16.7. The molecule has 8 heteroatoms. The summed E-state index contributed by atoms with van der Waals surface area (Å²) in [6.45, 7) is 3.66. The second-order valence-electron chi connectivity index (χ2n) is 8.28. The lowest BCUT2D eigenvalue weighted by Crippen LogP contribution is -2.66. The molecule has 0 spiro atoms. The number of carbonyl (C=O) groups excluding carboxylic acids is 2. The topological polar surface area (TPSA) is 117 Å². The van der Waals surface area contributed by atoms with Gasteiger partial charge < -0.3 is 30.3 Å². The molecular formula is C26H34N2O6. The van der Waals surface area contributed by atoms with Crippen molar-refractivity contribution >= 4 is 11.8 Å². The van der Waals surface area contributed by atoms with Crippen molar-refractivity contribution in [2.24, 2.45) is 11.8 Å². The monoisotopic (exact) mass is 470 g/mol. The van der Waals surface area contributed by atoms with Gasteiger partial charge in [0.2, 0.25) is 11.8 Å². The van der Waals surface area contributed by atoms with Crippen molar-refractivity contribution in [3.05, 3.63) is 71.8 Å². The van der Waals surface area contributed by atoms with Crippen LogP contribution in [-0.2, 0) is 19.1 Å². The van der Waals surface area contributed by atoms with Crippen LogP contribution in [0.25, 0.3) is 0 Å². The number of rotatable bonds is 12. The van der Waals surface area contributed by atoms with Gasteiger partial charge >= 0.3 is 0 Å². The number of nitrogens with one attached hydrogen (secondary N) is 2. The fraction of sp³-hybridized carbons (Fsp3) is 0.462. The molecule has 0 unspecified atom stereocenters. The van der Waals surface area contributed by atoms with E-state index in [0.717, 1.165) is 11.1 Å². The van der Waals surface area contributed by atoms with Gasteiger partial charge in [0, 0.05) is 19.6 Å². The molecule has 0 bridgehead atoms. The summed E-state index contributed by atoms with van der Waals surface area (Å²) in [7, 11) is 0. The van der Waals surface area contributed by atoms with E-state index < -0.39 is 35.6 Å². The van der Waals surface area contributed by atoms with E-state index in [9.17, 15) is 19.8 Å². The van der Waals surface area contributed by atoms with Gasteiger partial charge in [-0.15, -0.1) is 0 Å². The third kappa shape index (κ3) is 5.64. The zero-order chi connectivity index (χ0) is 24.6. The van der Waals surface area contributed by atoms with E-state index in [-0.39, 0.29) is 25.5 Å². The van der Waals surface area contributed by atoms with E-state index in [2.05, 4.69) is 10.6 Å². The number of benzene rings is 2. The Kier molecular flexibility index (Phi) is 9.18. The Labute approximate surface area is 200 Å². The molecule has 0 saturated heterocycles. The molecule has 4 N–H and O–H groups in total. The molecule has 1 fully saturated rings. The van der Waals surface area contributed by atoms with Crippen LogP contribution in [0.15, 0.2) is 60.7 Å². The van der Waals surface area contributed by atoms with E-state index in [0.29, 0.717) is 13.2 Å². The molecule has 0 aromatic heterocycles. The molecule has 184 valence electrons. The highest BCUT2D eigenvalue weighted by Gasteiger charge is 2.62. The van der Waals surface area contributed by atoms with Crippen LogP contribution < -0.4 is 10.6 Å². The average molecular weight is 471 g/mol. The van der Waals surface area contributed by atoms with Gasteiger partial charge in [-0.1, -0.05) is 60.7 Å². The molecule has 1 saturated carbocycles. The molecule has 0 heterocycles. The van der Waals surface area contributed by atoms with Crippen molar-refractivity contribution in [3.8, 4) is 0 Å². The molecule has 1 aliphatic rings. The first-order valence-electron chi connectivity index (χ1n) is 11.7. The zero-order valence-electron chi connectivity index (χ0n) is 19.6. The smallest absolute Gasteiger partial charge is 0.229 e. The van der Waals surface area contributed by atoms with Gasteiger partial charge in [-0.3, -0.25) is 9.59 Å². The quantitative estimate of drug-likeness (QED) is 0.353. The number of amides is 2. The van der Waals surface area contributed by atoms with E-state index in [4.69, 9.17) is 9.47 Å². The minimum atomic E-state index is -1.23. The lowest BCUT2D eigenvalue weighted by atomic mass is 9.66. The molecule has 3 rings (SSSR count). The lowest BCUT2D eigenvalue weighted by molar-refractivity contribution is -0.315. The first-order chi connectivity index (χ1) is 16.5. The van der Waals surface area contributed by atoms with E-state index in [1.165, 1.54) is 0 Å². The Morgan fingerprint density at radius 2 is 1.29 bits per heavy atom. The normalized spacial score (nSPS) is 20.6. The molecule has 0 radical (unpaired) electrons. The van der Waals surface area contributed by atoms with E-state index in [1.807, 2.05) is 60.7 Å². The second kappa shape index (κ2) is 12.1. The fourth-order valence-electron chi connectivity index (χ4n) is 4.53. The van der Waals surface area contributed by atoms with Crippen molar-refractivity contribution in [3.63, 3.8) is 0 Å².